The van der Waals surface area contributed by atoms with Crippen LogP contribution in [-0.2, 0) is 6.54 Å². The largest absolute Gasteiger partial charge is 0.490 e. The number of ether oxygens (including phenoxy) is 1. The fraction of sp³-hybridized carbons (Fsp3) is 0.231. The molecule has 0 aliphatic carbocycles. The zero-order valence-corrected chi connectivity index (χ0v) is 9.84. The molecule has 4 nitrogen and oxygen atoms in total. The van der Waals surface area contributed by atoms with Crippen LogP contribution in [0.2, 0.25) is 0 Å². The molecule has 0 aliphatic rings. The lowest BCUT2D eigenvalue weighted by Crippen LogP contribution is -1.93. The average Bonchev–Trinajstić information content (AvgIpc) is 2.86. The van der Waals surface area contributed by atoms with Crippen molar-refractivity contribution in [3.63, 3.8) is 0 Å². The van der Waals surface area contributed by atoms with Gasteiger partial charge in [-0.3, -0.25) is 4.68 Å². The SMILES string of the molecule is C=CCOc1ccc(-c2cn(CC)nn2)cc1. The molecule has 1 aromatic carbocycles. The molecule has 1 heterocycles. The number of aromatic nitrogens is 3. The van der Waals surface area contributed by atoms with E-state index in [-0.39, 0.29) is 0 Å². The Balaban J connectivity index is 2.14. The molecule has 0 saturated heterocycles. The molecule has 0 fully saturated rings. The molecule has 0 radical (unpaired) electrons. The molecule has 88 valence electrons. The van der Waals surface area contributed by atoms with Crippen molar-refractivity contribution >= 4 is 0 Å². The standard InChI is InChI=1S/C13H15N3O/c1-3-9-17-12-7-5-11(6-8-12)13-10-16(4-2)15-14-13/h3,5-8,10H,1,4,9H2,2H3. The normalized spacial score (nSPS) is 10.2. The first-order valence-electron chi connectivity index (χ1n) is 5.57. The first-order chi connectivity index (χ1) is 8.33. The second kappa shape index (κ2) is 5.30. The van der Waals surface area contributed by atoms with E-state index in [1.807, 2.05) is 37.4 Å². The van der Waals surface area contributed by atoms with Gasteiger partial charge in [-0.1, -0.05) is 17.9 Å². The Morgan fingerprint density at radius 3 is 2.71 bits per heavy atom. The van der Waals surface area contributed by atoms with Gasteiger partial charge in [0.25, 0.3) is 0 Å². The second-order valence-corrected chi connectivity index (χ2v) is 3.58. The van der Waals surface area contributed by atoms with E-state index >= 15 is 0 Å². The highest BCUT2D eigenvalue weighted by Crippen LogP contribution is 2.20. The Kier molecular flexibility index (Phi) is 3.55. The average molecular weight is 229 g/mol. The van der Waals surface area contributed by atoms with Gasteiger partial charge < -0.3 is 4.74 Å². The van der Waals surface area contributed by atoms with Crippen molar-refractivity contribution in [3.8, 4) is 17.0 Å². The summed E-state index contributed by atoms with van der Waals surface area (Å²) in [6, 6.07) is 7.79. The molecule has 0 N–H and O–H groups in total. The summed E-state index contributed by atoms with van der Waals surface area (Å²) in [6.45, 7) is 6.99. The smallest absolute Gasteiger partial charge is 0.119 e. The summed E-state index contributed by atoms with van der Waals surface area (Å²) in [7, 11) is 0. The third-order valence-electron chi connectivity index (χ3n) is 2.38. The Labute approximate surface area is 101 Å². The third-order valence-corrected chi connectivity index (χ3v) is 2.38. The minimum atomic E-state index is 0.519. The minimum Gasteiger partial charge on any atom is -0.490 e. The number of nitrogens with zero attached hydrogens (tertiary/aromatic N) is 3. The Morgan fingerprint density at radius 1 is 1.35 bits per heavy atom. The maximum atomic E-state index is 5.41. The molecule has 2 rings (SSSR count). The Bertz CT molecular complexity index is 488. The quantitative estimate of drug-likeness (QED) is 0.740. The lowest BCUT2D eigenvalue weighted by molar-refractivity contribution is 0.363. The fourth-order valence-corrected chi connectivity index (χ4v) is 1.46. The molecule has 17 heavy (non-hydrogen) atoms. The van der Waals surface area contributed by atoms with Crippen molar-refractivity contribution in [2.45, 2.75) is 13.5 Å². The van der Waals surface area contributed by atoms with Gasteiger partial charge in [-0.15, -0.1) is 5.10 Å². The van der Waals surface area contributed by atoms with E-state index < -0.39 is 0 Å². The highest BCUT2D eigenvalue weighted by atomic mass is 16.5. The highest BCUT2D eigenvalue weighted by molar-refractivity contribution is 5.58. The number of hydrogen-bond donors (Lipinski definition) is 0. The van der Waals surface area contributed by atoms with Gasteiger partial charge in [0.15, 0.2) is 0 Å². The van der Waals surface area contributed by atoms with E-state index in [9.17, 15) is 0 Å². The van der Waals surface area contributed by atoms with Gasteiger partial charge in [0, 0.05) is 12.1 Å². The molecule has 0 bridgehead atoms. The monoisotopic (exact) mass is 229 g/mol. The number of hydrogen-bond acceptors (Lipinski definition) is 3. The summed E-state index contributed by atoms with van der Waals surface area (Å²) < 4.78 is 7.22. The molecule has 0 saturated carbocycles. The first-order valence-corrected chi connectivity index (χ1v) is 5.57. The van der Waals surface area contributed by atoms with Crippen LogP contribution in [0.3, 0.4) is 0 Å². The number of rotatable bonds is 5. The van der Waals surface area contributed by atoms with E-state index in [1.54, 1.807) is 10.8 Å². The van der Waals surface area contributed by atoms with Gasteiger partial charge >= 0.3 is 0 Å². The van der Waals surface area contributed by atoms with E-state index in [1.165, 1.54) is 0 Å². The van der Waals surface area contributed by atoms with Gasteiger partial charge in [0.1, 0.15) is 18.1 Å². The molecular weight excluding hydrogens is 214 g/mol. The lowest BCUT2D eigenvalue weighted by atomic mass is 10.2. The molecule has 0 aliphatic heterocycles. The summed E-state index contributed by atoms with van der Waals surface area (Å²) in [5.41, 5.74) is 1.91. The van der Waals surface area contributed by atoms with Crippen molar-refractivity contribution in [2.75, 3.05) is 6.61 Å². The molecule has 0 amide bonds. The van der Waals surface area contributed by atoms with Gasteiger partial charge in [0.05, 0.1) is 6.20 Å². The maximum absolute atomic E-state index is 5.41. The van der Waals surface area contributed by atoms with E-state index in [0.29, 0.717) is 6.61 Å². The zero-order valence-electron chi connectivity index (χ0n) is 9.84. The van der Waals surface area contributed by atoms with Gasteiger partial charge in [-0.2, -0.15) is 0 Å². The van der Waals surface area contributed by atoms with Crippen LogP contribution in [0.4, 0.5) is 0 Å². The first kappa shape index (κ1) is 11.4. The summed E-state index contributed by atoms with van der Waals surface area (Å²) in [5.74, 6) is 0.830. The van der Waals surface area contributed by atoms with Gasteiger partial charge in [-0.05, 0) is 31.2 Å². The van der Waals surface area contributed by atoms with Crippen molar-refractivity contribution in [2.24, 2.45) is 0 Å². The highest BCUT2D eigenvalue weighted by Gasteiger charge is 2.03. The van der Waals surface area contributed by atoms with Gasteiger partial charge in [-0.25, -0.2) is 0 Å². The Morgan fingerprint density at radius 2 is 2.12 bits per heavy atom. The molecule has 1 aromatic heterocycles. The lowest BCUT2D eigenvalue weighted by Gasteiger charge is -2.03. The summed E-state index contributed by atoms with van der Waals surface area (Å²) in [6.07, 6.45) is 3.65. The van der Waals surface area contributed by atoms with E-state index in [4.69, 9.17) is 4.74 Å². The summed E-state index contributed by atoms with van der Waals surface area (Å²) >= 11 is 0. The molecular formula is C13H15N3O. The van der Waals surface area contributed by atoms with Crippen molar-refractivity contribution < 1.29 is 4.74 Å². The topological polar surface area (TPSA) is 39.9 Å². The van der Waals surface area contributed by atoms with E-state index in [2.05, 4.69) is 16.9 Å². The number of benzene rings is 1. The van der Waals surface area contributed by atoms with E-state index in [0.717, 1.165) is 23.6 Å². The van der Waals surface area contributed by atoms with Crippen molar-refractivity contribution in [3.05, 3.63) is 43.1 Å². The van der Waals surface area contributed by atoms with Crippen LogP contribution in [0.25, 0.3) is 11.3 Å². The van der Waals surface area contributed by atoms with Crippen LogP contribution in [0.1, 0.15) is 6.92 Å². The fourth-order valence-electron chi connectivity index (χ4n) is 1.46. The zero-order chi connectivity index (χ0) is 12.1. The molecule has 4 heteroatoms. The Hall–Kier alpha value is -2.10. The minimum absolute atomic E-state index is 0.519. The van der Waals surface area contributed by atoms with Gasteiger partial charge in [0.2, 0.25) is 0 Å². The molecule has 2 aromatic rings. The predicted octanol–water partition coefficient (Wildman–Crippen LogP) is 2.53. The summed E-state index contributed by atoms with van der Waals surface area (Å²) in [4.78, 5) is 0. The summed E-state index contributed by atoms with van der Waals surface area (Å²) in [5, 5.41) is 8.11. The molecule has 0 spiro atoms. The molecule has 0 atom stereocenters. The second-order valence-electron chi connectivity index (χ2n) is 3.58. The van der Waals surface area contributed by atoms with Crippen LogP contribution in [0.15, 0.2) is 43.1 Å². The van der Waals surface area contributed by atoms with Crippen molar-refractivity contribution in [1.29, 1.82) is 0 Å². The van der Waals surface area contributed by atoms with Crippen LogP contribution in [0.5, 0.6) is 5.75 Å². The predicted molar refractivity (Wildman–Crippen MR) is 66.8 cm³/mol. The third kappa shape index (κ3) is 2.72. The van der Waals surface area contributed by atoms with Crippen LogP contribution < -0.4 is 4.74 Å². The maximum Gasteiger partial charge on any atom is 0.119 e. The van der Waals surface area contributed by atoms with Crippen LogP contribution >= 0.6 is 0 Å². The van der Waals surface area contributed by atoms with Crippen LogP contribution in [0, 0.1) is 0 Å². The molecule has 0 unspecified atom stereocenters. The number of aryl methyl sites for hydroxylation is 1. The van der Waals surface area contributed by atoms with Crippen LogP contribution in [-0.4, -0.2) is 21.6 Å². The van der Waals surface area contributed by atoms with Crippen molar-refractivity contribution in [1.82, 2.24) is 15.0 Å².